The van der Waals surface area contributed by atoms with E-state index in [1.807, 2.05) is 19.1 Å². The maximum atomic E-state index is 11.5. The molecule has 0 saturated carbocycles. The maximum absolute atomic E-state index is 11.5. The molecule has 1 aromatic rings. The van der Waals surface area contributed by atoms with Gasteiger partial charge in [0.05, 0.1) is 19.3 Å². The average molecular weight is 291 g/mol. The molecule has 1 aliphatic rings. The predicted octanol–water partition coefficient (Wildman–Crippen LogP) is 2.94. The number of benzene rings is 1. The van der Waals surface area contributed by atoms with Gasteiger partial charge in [-0.05, 0) is 75.4 Å². The first-order valence-electron chi connectivity index (χ1n) is 7.73. The molecule has 0 radical (unpaired) electrons. The van der Waals surface area contributed by atoms with Crippen LogP contribution in [0.5, 0.6) is 5.75 Å². The summed E-state index contributed by atoms with van der Waals surface area (Å²) in [5.41, 5.74) is 1.48. The van der Waals surface area contributed by atoms with Gasteiger partial charge in [-0.3, -0.25) is 0 Å². The molecule has 1 saturated heterocycles. The van der Waals surface area contributed by atoms with Gasteiger partial charge in [0.15, 0.2) is 0 Å². The van der Waals surface area contributed by atoms with Gasteiger partial charge in [0.25, 0.3) is 0 Å². The lowest BCUT2D eigenvalue weighted by Gasteiger charge is -2.22. The number of esters is 1. The second-order valence-electron chi connectivity index (χ2n) is 5.65. The number of aryl methyl sites for hydroxylation is 1. The molecule has 0 spiro atoms. The highest BCUT2D eigenvalue weighted by Crippen LogP contribution is 2.20. The molecule has 0 aliphatic carbocycles. The second-order valence-corrected chi connectivity index (χ2v) is 5.65. The molecule has 0 aromatic heterocycles. The first-order chi connectivity index (χ1) is 10.2. The van der Waals surface area contributed by atoms with Crippen molar-refractivity contribution >= 4 is 5.97 Å². The van der Waals surface area contributed by atoms with E-state index in [1.54, 1.807) is 6.07 Å². The van der Waals surface area contributed by atoms with Crippen molar-refractivity contribution in [2.45, 2.75) is 32.6 Å². The largest absolute Gasteiger partial charge is 0.494 e. The fraction of sp³-hybridized carbons (Fsp3) is 0.588. The van der Waals surface area contributed by atoms with Crippen molar-refractivity contribution in [2.75, 3.05) is 26.8 Å². The zero-order valence-corrected chi connectivity index (χ0v) is 13.0. The Morgan fingerprint density at radius 2 is 2.10 bits per heavy atom. The number of nitrogens with one attached hydrogen (secondary N) is 1. The topological polar surface area (TPSA) is 47.6 Å². The Bertz CT molecular complexity index is 467. The quantitative estimate of drug-likeness (QED) is 0.646. The molecule has 0 unspecified atom stereocenters. The van der Waals surface area contributed by atoms with E-state index in [9.17, 15) is 4.79 Å². The van der Waals surface area contributed by atoms with Crippen molar-refractivity contribution < 1.29 is 14.3 Å². The average Bonchev–Trinajstić information content (AvgIpc) is 2.52. The lowest BCUT2D eigenvalue weighted by Crippen LogP contribution is -2.27. The van der Waals surface area contributed by atoms with E-state index >= 15 is 0 Å². The molecule has 1 heterocycles. The molecular weight excluding hydrogens is 266 g/mol. The first-order valence-corrected chi connectivity index (χ1v) is 7.73. The minimum atomic E-state index is -0.301. The number of hydrogen-bond acceptors (Lipinski definition) is 4. The van der Waals surface area contributed by atoms with Crippen molar-refractivity contribution in [1.29, 1.82) is 0 Å². The highest BCUT2D eigenvalue weighted by molar-refractivity contribution is 5.91. The Hall–Kier alpha value is -1.55. The van der Waals surface area contributed by atoms with Gasteiger partial charge >= 0.3 is 5.97 Å². The Kier molecular flexibility index (Phi) is 6.05. The van der Waals surface area contributed by atoms with Gasteiger partial charge in [-0.15, -0.1) is 0 Å². The summed E-state index contributed by atoms with van der Waals surface area (Å²) in [6.45, 7) is 4.94. The van der Waals surface area contributed by atoms with E-state index in [2.05, 4.69) is 5.32 Å². The zero-order valence-electron chi connectivity index (χ0n) is 13.0. The van der Waals surface area contributed by atoms with E-state index in [0.717, 1.165) is 43.3 Å². The van der Waals surface area contributed by atoms with Gasteiger partial charge in [-0.2, -0.15) is 0 Å². The van der Waals surface area contributed by atoms with E-state index in [0.29, 0.717) is 5.56 Å². The Morgan fingerprint density at radius 3 is 2.76 bits per heavy atom. The molecule has 0 amide bonds. The van der Waals surface area contributed by atoms with E-state index < -0.39 is 0 Å². The minimum Gasteiger partial charge on any atom is -0.494 e. The molecule has 1 N–H and O–H groups in total. The number of carbonyl (C=O) groups excluding carboxylic acids is 1. The van der Waals surface area contributed by atoms with E-state index in [1.165, 1.54) is 26.4 Å². The predicted molar refractivity (Wildman–Crippen MR) is 82.8 cm³/mol. The lowest BCUT2D eigenvalue weighted by molar-refractivity contribution is 0.0600. The molecular formula is C17H25NO3. The Balaban J connectivity index is 1.75. The van der Waals surface area contributed by atoms with Gasteiger partial charge in [0, 0.05) is 0 Å². The van der Waals surface area contributed by atoms with Gasteiger partial charge in [-0.25, -0.2) is 4.79 Å². The van der Waals surface area contributed by atoms with Crippen LogP contribution in [0.15, 0.2) is 18.2 Å². The van der Waals surface area contributed by atoms with Crippen LogP contribution in [0.4, 0.5) is 0 Å². The zero-order chi connectivity index (χ0) is 15.1. The minimum absolute atomic E-state index is 0.301. The van der Waals surface area contributed by atoms with Gasteiger partial charge in [-0.1, -0.05) is 0 Å². The molecule has 4 heteroatoms. The van der Waals surface area contributed by atoms with Crippen LogP contribution in [0.25, 0.3) is 0 Å². The highest BCUT2D eigenvalue weighted by atomic mass is 16.5. The summed E-state index contributed by atoms with van der Waals surface area (Å²) in [5, 5.41) is 3.39. The fourth-order valence-corrected chi connectivity index (χ4v) is 2.80. The summed E-state index contributed by atoms with van der Waals surface area (Å²) in [5.74, 6) is 1.37. The summed E-state index contributed by atoms with van der Waals surface area (Å²) in [6.07, 6.45) is 4.89. The molecule has 1 fully saturated rings. The molecule has 0 atom stereocenters. The Morgan fingerprint density at radius 1 is 1.33 bits per heavy atom. The van der Waals surface area contributed by atoms with Gasteiger partial charge in [0.2, 0.25) is 0 Å². The lowest BCUT2D eigenvalue weighted by atomic mass is 9.93. The summed E-state index contributed by atoms with van der Waals surface area (Å²) >= 11 is 0. The van der Waals surface area contributed by atoms with Crippen molar-refractivity contribution in [3.63, 3.8) is 0 Å². The number of rotatable bonds is 6. The van der Waals surface area contributed by atoms with Gasteiger partial charge in [0.1, 0.15) is 5.75 Å². The summed E-state index contributed by atoms with van der Waals surface area (Å²) < 4.78 is 10.5. The highest BCUT2D eigenvalue weighted by Gasteiger charge is 2.13. The number of piperidine rings is 1. The number of carbonyl (C=O) groups is 1. The number of methoxy groups -OCH3 is 1. The van der Waals surface area contributed by atoms with Crippen LogP contribution >= 0.6 is 0 Å². The standard InChI is InChI=1S/C17H25NO3/c1-13-12-15(5-6-16(13)17(19)20-2)21-11-3-4-14-7-9-18-10-8-14/h5-6,12,14,18H,3-4,7-11H2,1-2H3. The van der Waals surface area contributed by atoms with Crippen LogP contribution in [-0.2, 0) is 4.74 Å². The van der Waals surface area contributed by atoms with Crippen molar-refractivity contribution in [3.8, 4) is 5.75 Å². The Labute approximate surface area is 126 Å². The molecule has 116 valence electrons. The van der Waals surface area contributed by atoms with Crippen LogP contribution in [0.2, 0.25) is 0 Å². The normalized spacial score (nSPS) is 15.7. The van der Waals surface area contributed by atoms with E-state index in [-0.39, 0.29) is 5.97 Å². The fourth-order valence-electron chi connectivity index (χ4n) is 2.80. The SMILES string of the molecule is COC(=O)c1ccc(OCCCC2CCNCC2)cc1C. The smallest absolute Gasteiger partial charge is 0.338 e. The summed E-state index contributed by atoms with van der Waals surface area (Å²) in [4.78, 5) is 11.5. The summed E-state index contributed by atoms with van der Waals surface area (Å²) in [6, 6.07) is 5.50. The van der Waals surface area contributed by atoms with Crippen LogP contribution in [0.1, 0.15) is 41.6 Å². The van der Waals surface area contributed by atoms with Gasteiger partial charge < -0.3 is 14.8 Å². The molecule has 21 heavy (non-hydrogen) atoms. The van der Waals surface area contributed by atoms with Crippen LogP contribution in [-0.4, -0.2) is 32.8 Å². The van der Waals surface area contributed by atoms with Crippen molar-refractivity contribution in [3.05, 3.63) is 29.3 Å². The van der Waals surface area contributed by atoms with Crippen LogP contribution < -0.4 is 10.1 Å². The number of hydrogen-bond donors (Lipinski definition) is 1. The maximum Gasteiger partial charge on any atom is 0.338 e. The van der Waals surface area contributed by atoms with Crippen molar-refractivity contribution in [2.24, 2.45) is 5.92 Å². The number of ether oxygens (including phenoxy) is 2. The summed E-state index contributed by atoms with van der Waals surface area (Å²) in [7, 11) is 1.40. The van der Waals surface area contributed by atoms with Crippen molar-refractivity contribution in [1.82, 2.24) is 5.32 Å². The second kappa shape index (κ2) is 8.03. The first kappa shape index (κ1) is 15.8. The molecule has 0 bridgehead atoms. The molecule has 2 rings (SSSR count). The molecule has 1 aliphatic heterocycles. The van der Waals surface area contributed by atoms with Crippen LogP contribution in [0, 0.1) is 12.8 Å². The third-order valence-corrected chi connectivity index (χ3v) is 4.09. The third-order valence-electron chi connectivity index (χ3n) is 4.09. The third kappa shape index (κ3) is 4.74. The monoisotopic (exact) mass is 291 g/mol. The van der Waals surface area contributed by atoms with Crippen LogP contribution in [0.3, 0.4) is 0 Å². The van der Waals surface area contributed by atoms with E-state index in [4.69, 9.17) is 9.47 Å². The molecule has 4 nitrogen and oxygen atoms in total. The molecule has 1 aromatic carbocycles.